The number of carbonyl (C=O) groups excluding carboxylic acids is 1. The maximum atomic E-state index is 12.7. The van der Waals surface area contributed by atoms with E-state index in [2.05, 4.69) is 19.2 Å². The minimum absolute atomic E-state index is 0.224. The molecule has 18 heavy (non-hydrogen) atoms. The highest BCUT2D eigenvalue weighted by Crippen LogP contribution is 2.33. The molecule has 4 heteroatoms. The smallest absolute Gasteiger partial charge is 0.230 e. The fourth-order valence-corrected chi connectivity index (χ4v) is 3.17. The number of β-amino-alcohol motifs (C(OH)–C–C–N with tert-alkyl or cyclic N) is 1. The highest BCUT2D eigenvalue weighted by atomic mass is 16.3. The molecule has 0 aromatic carbocycles. The predicted molar refractivity (Wildman–Crippen MR) is 71.2 cm³/mol. The summed E-state index contributed by atoms with van der Waals surface area (Å²) in [6.45, 7) is 7.30. The topological polar surface area (TPSA) is 52.6 Å². The van der Waals surface area contributed by atoms with Gasteiger partial charge in [0.2, 0.25) is 5.91 Å². The molecule has 2 N–H and O–H groups in total. The summed E-state index contributed by atoms with van der Waals surface area (Å²) in [6.07, 6.45) is 3.51. The van der Waals surface area contributed by atoms with Gasteiger partial charge >= 0.3 is 0 Å². The molecule has 0 aromatic rings. The number of carbonyl (C=O) groups is 1. The quantitative estimate of drug-likeness (QED) is 0.773. The molecule has 2 aliphatic heterocycles. The Morgan fingerprint density at radius 3 is 2.89 bits per heavy atom. The van der Waals surface area contributed by atoms with Crippen LogP contribution in [0.3, 0.4) is 0 Å². The van der Waals surface area contributed by atoms with E-state index in [1.165, 1.54) is 0 Å². The second kappa shape index (κ2) is 5.57. The summed E-state index contributed by atoms with van der Waals surface area (Å²) < 4.78 is 0. The summed E-state index contributed by atoms with van der Waals surface area (Å²) in [7, 11) is 0. The maximum absolute atomic E-state index is 12.7. The van der Waals surface area contributed by atoms with Gasteiger partial charge < -0.3 is 15.3 Å². The molecule has 3 unspecified atom stereocenters. The molecule has 2 aliphatic rings. The van der Waals surface area contributed by atoms with Crippen LogP contribution in [0.2, 0.25) is 0 Å². The van der Waals surface area contributed by atoms with Gasteiger partial charge in [-0.25, -0.2) is 0 Å². The molecule has 2 saturated heterocycles. The molecule has 1 amide bonds. The molecular formula is C14H26N2O2. The predicted octanol–water partition coefficient (Wildman–Crippen LogP) is 0.996. The Labute approximate surface area is 110 Å². The number of aliphatic hydroxyl groups excluding tert-OH is 1. The average Bonchev–Trinajstić information content (AvgIpc) is 2.42. The van der Waals surface area contributed by atoms with Crippen LogP contribution >= 0.6 is 0 Å². The third-order valence-corrected chi connectivity index (χ3v) is 4.81. The number of nitrogens with zero attached hydrogens (tertiary/aromatic N) is 1. The summed E-state index contributed by atoms with van der Waals surface area (Å²) in [5.74, 6) is 0.569. The van der Waals surface area contributed by atoms with Crippen LogP contribution in [0.25, 0.3) is 0 Å². The molecule has 0 saturated carbocycles. The standard InChI is InChI=1S/C14H26N2O2/c1-3-14(6-4-7-15-10-14)13(18)16-8-5-11(2)12(17)9-16/h11-12,15,17H,3-10H2,1-2H3. The fraction of sp³-hybridized carbons (Fsp3) is 0.929. The van der Waals surface area contributed by atoms with E-state index in [1.807, 2.05) is 4.90 Å². The maximum Gasteiger partial charge on any atom is 0.230 e. The zero-order valence-corrected chi connectivity index (χ0v) is 11.6. The monoisotopic (exact) mass is 254 g/mol. The normalized spacial score (nSPS) is 37.6. The van der Waals surface area contributed by atoms with Crippen molar-refractivity contribution in [2.45, 2.75) is 45.6 Å². The number of rotatable bonds is 2. The Hall–Kier alpha value is -0.610. The first-order valence-electron chi connectivity index (χ1n) is 7.27. The van der Waals surface area contributed by atoms with Crippen molar-refractivity contribution >= 4 is 5.91 Å². The van der Waals surface area contributed by atoms with E-state index in [0.29, 0.717) is 12.5 Å². The van der Waals surface area contributed by atoms with Gasteiger partial charge in [0.05, 0.1) is 11.5 Å². The van der Waals surface area contributed by atoms with E-state index >= 15 is 0 Å². The first-order chi connectivity index (χ1) is 8.59. The second-order valence-electron chi connectivity index (χ2n) is 6.00. The molecule has 0 spiro atoms. The lowest BCUT2D eigenvalue weighted by Gasteiger charge is -2.42. The number of nitrogens with one attached hydrogen (secondary N) is 1. The third kappa shape index (κ3) is 2.54. The summed E-state index contributed by atoms with van der Waals surface area (Å²) in [4.78, 5) is 14.6. The van der Waals surface area contributed by atoms with Crippen LogP contribution in [-0.4, -0.2) is 48.2 Å². The zero-order valence-electron chi connectivity index (χ0n) is 11.6. The van der Waals surface area contributed by atoms with Gasteiger partial charge in [0.25, 0.3) is 0 Å². The Balaban J connectivity index is 2.05. The SMILES string of the molecule is CCC1(C(=O)N2CCC(C)C(O)C2)CCCNC1. The summed E-state index contributed by atoms with van der Waals surface area (Å²) in [5.41, 5.74) is -0.224. The first-order valence-corrected chi connectivity index (χ1v) is 7.27. The summed E-state index contributed by atoms with van der Waals surface area (Å²) >= 11 is 0. The number of likely N-dealkylation sites (tertiary alicyclic amines) is 1. The van der Waals surface area contributed by atoms with Crippen LogP contribution in [0, 0.1) is 11.3 Å². The van der Waals surface area contributed by atoms with Crippen LogP contribution in [-0.2, 0) is 4.79 Å². The van der Waals surface area contributed by atoms with Crippen LogP contribution in [0.4, 0.5) is 0 Å². The number of amides is 1. The fourth-order valence-electron chi connectivity index (χ4n) is 3.17. The van der Waals surface area contributed by atoms with E-state index < -0.39 is 0 Å². The largest absolute Gasteiger partial charge is 0.391 e. The van der Waals surface area contributed by atoms with Gasteiger partial charge in [-0.2, -0.15) is 0 Å². The zero-order chi connectivity index (χ0) is 13.2. The van der Waals surface area contributed by atoms with Crippen molar-refractivity contribution in [2.24, 2.45) is 11.3 Å². The molecule has 3 atom stereocenters. The summed E-state index contributed by atoms with van der Waals surface area (Å²) in [6, 6.07) is 0. The van der Waals surface area contributed by atoms with Crippen molar-refractivity contribution in [1.82, 2.24) is 10.2 Å². The first kappa shape index (κ1) is 13.8. The minimum Gasteiger partial charge on any atom is -0.391 e. The van der Waals surface area contributed by atoms with Crippen molar-refractivity contribution in [3.63, 3.8) is 0 Å². The van der Waals surface area contributed by atoms with Crippen LogP contribution in [0.5, 0.6) is 0 Å². The highest BCUT2D eigenvalue weighted by molar-refractivity contribution is 5.83. The van der Waals surface area contributed by atoms with E-state index in [1.54, 1.807) is 0 Å². The molecule has 0 aromatic heterocycles. The number of aliphatic hydroxyl groups is 1. The van der Waals surface area contributed by atoms with Crippen LogP contribution in [0.15, 0.2) is 0 Å². The molecule has 104 valence electrons. The van der Waals surface area contributed by atoms with Crippen molar-refractivity contribution in [3.8, 4) is 0 Å². The molecular weight excluding hydrogens is 228 g/mol. The molecule has 2 fully saturated rings. The second-order valence-corrected chi connectivity index (χ2v) is 6.00. The van der Waals surface area contributed by atoms with Gasteiger partial charge in [-0.15, -0.1) is 0 Å². The Morgan fingerprint density at radius 2 is 2.33 bits per heavy atom. The number of hydrogen-bond donors (Lipinski definition) is 2. The van der Waals surface area contributed by atoms with Crippen LogP contribution < -0.4 is 5.32 Å². The minimum atomic E-state index is -0.354. The van der Waals surface area contributed by atoms with E-state index in [9.17, 15) is 9.90 Å². The van der Waals surface area contributed by atoms with Crippen molar-refractivity contribution in [2.75, 3.05) is 26.2 Å². The van der Waals surface area contributed by atoms with Gasteiger partial charge in [-0.05, 0) is 38.1 Å². The van der Waals surface area contributed by atoms with Gasteiger partial charge in [0.15, 0.2) is 0 Å². The Morgan fingerprint density at radius 1 is 1.56 bits per heavy atom. The molecule has 0 bridgehead atoms. The van der Waals surface area contributed by atoms with E-state index in [0.717, 1.165) is 45.3 Å². The lowest BCUT2D eigenvalue weighted by atomic mass is 9.76. The Bertz CT molecular complexity index is 300. The van der Waals surface area contributed by atoms with Crippen molar-refractivity contribution < 1.29 is 9.90 Å². The van der Waals surface area contributed by atoms with Crippen molar-refractivity contribution in [1.29, 1.82) is 0 Å². The van der Waals surface area contributed by atoms with E-state index in [4.69, 9.17) is 0 Å². The van der Waals surface area contributed by atoms with Gasteiger partial charge in [0.1, 0.15) is 0 Å². The molecule has 0 aliphatic carbocycles. The lowest BCUT2D eigenvalue weighted by molar-refractivity contribution is -0.148. The van der Waals surface area contributed by atoms with Gasteiger partial charge in [-0.3, -0.25) is 4.79 Å². The van der Waals surface area contributed by atoms with Crippen molar-refractivity contribution in [3.05, 3.63) is 0 Å². The Kier molecular flexibility index (Phi) is 4.28. The van der Waals surface area contributed by atoms with E-state index in [-0.39, 0.29) is 17.4 Å². The molecule has 0 radical (unpaired) electrons. The highest BCUT2D eigenvalue weighted by Gasteiger charge is 2.42. The van der Waals surface area contributed by atoms with Crippen LogP contribution in [0.1, 0.15) is 39.5 Å². The third-order valence-electron chi connectivity index (χ3n) is 4.81. The molecule has 2 rings (SSSR count). The average molecular weight is 254 g/mol. The number of hydrogen-bond acceptors (Lipinski definition) is 3. The summed E-state index contributed by atoms with van der Waals surface area (Å²) in [5, 5.41) is 13.3. The van der Waals surface area contributed by atoms with Gasteiger partial charge in [-0.1, -0.05) is 13.8 Å². The lowest BCUT2D eigenvalue weighted by Crippen LogP contribution is -2.55. The van der Waals surface area contributed by atoms with Gasteiger partial charge in [0, 0.05) is 19.6 Å². The number of piperidine rings is 2. The molecule has 2 heterocycles. The molecule has 4 nitrogen and oxygen atoms in total.